The first-order valence-electron chi connectivity index (χ1n) is 7.65. The SMILES string of the molecule is CN(Cc1noc(C(C)(C)C)n1)C1CCCCC1CN. The molecule has 0 aromatic carbocycles. The van der Waals surface area contributed by atoms with E-state index in [4.69, 9.17) is 10.3 Å². The number of aromatic nitrogens is 2. The first-order valence-corrected chi connectivity index (χ1v) is 7.65. The molecule has 0 aliphatic heterocycles. The number of nitrogens with two attached hydrogens (primary N) is 1. The Morgan fingerprint density at radius 2 is 2.00 bits per heavy atom. The van der Waals surface area contributed by atoms with Crippen LogP contribution in [0.25, 0.3) is 0 Å². The zero-order valence-corrected chi connectivity index (χ0v) is 13.2. The van der Waals surface area contributed by atoms with Crippen molar-refractivity contribution in [2.75, 3.05) is 13.6 Å². The van der Waals surface area contributed by atoms with Crippen molar-refractivity contribution >= 4 is 0 Å². The summed E-state index contributed by atoms with van der Waals surface area (Å²) in [6, 6.07) is 0.547. The van der Waals surface area contributed by atoms with Crippen LogP contribution in [0.2, 0.25) is 0 Å². The summed E-state index contributed by atoms with van der Waals surface area (Å²) in [4.78, 5) is 6.86. The summed E-state index contributed by atoms with van der Waals surface area (Å²) >= 11 is 0. The molecular formula is C15H28N4O. The van der Waals surface area contributed by atoms with E-state index >= 15 is 0 Å². The van der Waals surface area contributed by atoms with Gasteiger partial charge in [-0.1, -0.05) is 38.8 Å². The zero-order valence-electron chi connectivity index (χ0n) is 13.2. The largest absolute Gasteiger partial charge is 0.339 e. The fourth-order valence-electron chi connectivity index (χ4n) is 3.01. The van der Waals surface area contributed by atoms with Crippen LogP contribution in [-0.4, -0.2) is 34.7 Å². The van der Waals surface area contributed by atoms with Crippen molar-refractivity contribution in [2.45, 2.75) is 64.5 Å². The van der Waals surface area contributed by atoms with E-state index in [-0.39, 0.29) is 5.41 Å². The molecule has 1 heterocycles. The molecule has 0 spiro atoms. The second-order valence-corrected chi connectivity index (χ2v) is 7.03. The summed E-state index contributed by atoms with van der Waals surface area (Å²) in [5, 5.41) is 4.11. The Morgan fingerprint density at radius 1 is 1.30 bits per heavy atom. The van der Waals surface area contributed by atoms with E-state index in [0.29, 0.717) is 17.9 Å². The molecule has 1 aromatic rings. The van der Waals surface area contributed by atoms with Gasteiger partial charge in [-0.25, -0.2) is 0 Å². The van der Waals surface area contributed by atoms with Crippen molar-refractivity contribution in [3.8, 4) is 0 Å². The molecule has 1 saturated carbocycles. The molecule has 2 N–H and O–H groups in total. The number of hydrogen-bond donors (Lipinski definition) is 1. The monoisotopic (exact) mass is 280 g/mol. The van der Waals surface area contributed by atoms with E-state index in [2.05, 4.69) is 42.9 Å². The Labute approximate surface area is 121 Å². The molecule has 0 amide bonds. The van der Waals surface area contributed by atoms with Crippen molar-refractivity contribution in [1.29, 1.82) is 0 Å². The van der Waals surface area contributed by atoms with Crippen molar-refractivity contribution in [1.82, 2.24) is 15.0 Å². The van der Waals surface area contributed by atoms with Crippen LogP contribution in [0.1, 0.15) is 58.2 Å². The lowest BCUT2D eigenvalue weighted by Crippen LogP contribution is -2.42. The van der Waals surface area contributed by atoms with E-state index in [9.17, 15) is 0 Å². The minimum atomic E-state index is -0.0888. The molecule has 2 unspecified atom stereocenters. The summed E-state index contributed by atoms with van der Waals surface area (Å²) in [5.74, 6) is 2.08. The number of nitrogens with zero attached hydrogens (tertiary/aromatic N) is 3. The van der Waals surface area contributed by atoms with Crippen LogP contribution in [-0.2, 0) is 12.0 Å². The summed E-state index contributed by atoms with van der Waals surface area (Å²) in [6.45, 7) is 7.76. The van der Waals surface area contributed by atoms with Crippen molar-refractivity contribution in [2.24, 2.45) is 11.7 Å². The minimum absolute atomic E-state index is 0.0888. The van der Waals surface area contributed by atoms with Gasteiger partial charge in [0.15, 0.2) is 5.82 Å². The molecule has 1 aromatic heterocycles. The zero-order chi connectivity index (χ0) is 14.8. The topological polar surface area (TPSA) is 68.2 Å². The molecule has 1 fully saturated rings. The quantitative estimate of drug-likeness (QED) is 0.916. The smallest absolute Gasteiger partial charge is 0.232 e. The fourth-order valence-corrected chi connectivity index (χ4v) is 3.01. The Kier molecular flexibility index (Phi) is 4.81. The molecule has 0 radical (unpaired) electrons. The molecular weight excluding hydrogens is 252 g/mol. The van der Waals surface area contributed by atoms with E-state index in [0.717, 1.165) is 18.9 Å². The normalized spacial score (nSPS) is 24.3. The van der Waals surface area contributed by atoms with E-state index in [1.54, 1.807) is 0 Å². The molecule has 1 aliphatic carbocycles. The van der Waals surface area contributed by atoms with Gasteiger partial charge in [0.1, 0.15) is 0 Å². The molecule has 0 saturated heterocycles. The Balaban J connectivity index is 2.00. The van der Waals surface area contributed by atoms with Crippen LogP contribution in [0.5, 0.6) is 0 Å². The van der Waals surface area contributed by atoms with Gasteiger partial charge in [-0.15, -0.1) is 0 Å². The van der Waals surface area contributed by atoms with Gasteiger partial charge in [-0.05, 0) is 32.4 Å². The molecule has 2 atom stereocenters. The van der Waals surface area contributed by atoms with Crippen LogP contribution in [0.15, 0.2) is 4.52 Å². The third-order valence-electron chi connectivity index (χ3n) is 4.24. The third kappa shape index (κ3) is 3.58. The first-order chi connectivity index (χ1) is 9.41. The highest BCUT2D eigenvalue weighted by Crippen LogP contribution is 2.28. The Bertz CT molecular complexity index is 424. The lowest BCUT2D eigenvalue weighted by Gasteiger charge is -2.37. The average Bonchev–Trinajstić information content (AvgIpc) is 2.87. The van der Waals surface area contributed by atoms with Crippen molar-refractivity contribution in [3.05, 3.63) is 11.7 Å². The molecule has 2 rings (SSSR count). The standard InChI is InChI=1S/C15H28N4O/c1-15(2,3)14-17-13(18-20-14)10-19(4)12-8-6-5-7-11(12)9-16/h11-12H,5-10,16H2,1-4H3. The summed E-state index contributed by atoms with van der Waals surface area (Å²) in [7, 11) is 2.14. The molecule has 114 valence electrons. The number of rotatable bonds is 4. The second-order valence-electron chi connectivity index (χ2n) is 7.03. The molecule has 1 aliphatic rings. The van der Waals surface area contributed by atoms with E-state index in [1.807, 2.05) is 0 Å². The minimum Gasteiger partial charge on any atom is -0.339 e. The van der Waals surface area contributed by atoms with E-state index < -0.39 is 0 Å². The lowest BCUT2D eigenvalue weighted by molar-refractivity contribution is 0.124. The highest BCUT2D eigenvalue weighted by Gasteiger charge is 2.28. The maximum Gasteiger partial charge on any atom is 0.232 e. The van der Waals surface area contributed by atoms with Crippen LogP contribution < -0.4 is 5.73 Å². The Hall–Kier alpha value is -0.940. The number of hydrogen-bond acceptors (Lipinski definition) is 5. The fraction of sp³-hybridized carbons (Fsp3) is 0.867. The maximum atomic E-state index is 5.91. The predicted molar refractivity (Wildman–Crippen MR) is 79.3 cm³/mol. The Morgan fingerprint density at radius 3 is 2.60 bits per heavy atom. The lowest BCUT2D eigenvalue weighted by atomic mass is 9.84. The van der Waals surface area contributed by atoms with Gasteiger partial charge >= 0.3 is 0 Å². The van der Waals surface area contributed by atoms with Crippen LogP contribution >= 0.6 is 0 Å². The average molecular weight is 280 g/mol. The van der Waals surface area contributed by atoms with Crippen LogP contribution in [0.4, 0.5) is 0 Å². The van der Waals surface area contributed by atoms with Gasteiger partial charge < -0.3 is 10.3 Å². The van der Waals surface area contributed by atoms with Gasteiger partial charge in [0.05, 0.1) is 6.54 Å². The highest BCUT2D eigenvalue weighted by molar-refractivity contribution is 4.98. The van der Waals surface area contributed by atoms with Gasteiger partial charge in [0, 0.05) is 11.5 Å². The van der Waals surface area contributed by atoms with Gasteiger partial charge in [-0.3, -0.25) is 4.90 Å². The molecule has 5 nitrogen and oxygen atoms in total. The second kappa shape index (κ2) is 6.22. The van der Waals surface area contributed by atoms with Crippen LogP contribution in [0.3, 0.4) is 0 Å². The molecule has 0 bridgehead atoms. The summed E-state index contributed by atoms with van der Waals surface area (Å²) in [5.41, 5.74) is 5.82. The van der Waals surface area contributed by atoms with Crippen molar-refractivity contribution < 1.29 is 4.52 Å². The molecule has 5 heteroatoms. The summed E-state index contributed by atoms with van der Waals surface area (Å²) < 4.78 is 5.36. The van der Waals surface area contributed by atoms with Gasteiger partial charge in [0.25, 0.3) is 0 Å². The highest BCUT2D eigenvalue weighted by atomic mass is 16.5. The maximum absolute atomic E-state index is 5.91. The van der Waals surface area contributed by atoms with Gasteiger partial charge in [0.2, 0.25) is 5.89 Å². The van der Waals surface area contributed by atoms with Crippen molar-refractivity contribution in [3.63, 3.8) is 0 Å². The first kappa shape index (κ1) is 15.4. The predicted octanol–water partition coefficient (Wildman–Crippen LogP) is 2.32. The van der Waals surface area contributed by atoms with Gasteiger partial charge in [-0.2, -0.15) is 4.98 Å². The van der Waals surface area contributed by atoms with Crippen LogP contribution in [0, 0.1) is 5.92 Å². The van der Waals surface area contributed by atoms with E-state index in [1.165, 1.54) is 25.7 Å². The molecule has 20 heavy (non-hydrogen) atoms. The third-order valence-corrected chi connectivity index (χ3v) is 4.24. The summed E-state index contributed by atoms with van der Waals surface area (Å²) in [6.07, 6.45) is 5.07.